The lowest BCUT2D eigenvalue weighted by atomic mass is 9.79. The highest BCUT2D eigenvalue weighted by Crippen LogP contribution is 2.56. The largest absolute Gasteiger partial charge is 0.495 e. The van der Waals surface area contributed by atoms with Gasteiger partial charge in [0.05, 0.1) is 28.0 Å². The summed E-state index contributed by atoms with van der Waals surface area (Å²) in [5.41, 5.74) is 1.62. The smallest absolute Gasteiger partial charge is 0.326 e. The van der Waals surface area contributed by atoms with Crippen molar-refractivity contribution in [2.24, 2.45) is 5.92 Å². The highest BCUT2D eigenvalue weighted by Gasteiger charge is 2.52. The van der Waals surface area contributed by atoms with Crippen LogP contribution < -0.4 is 10.1 Å². The number of benzene rings is 2. The molecule has 9 heteroatoms. The molecule has 29 heavy (non-hydrogen) atoms. The number of fused-ring (bicyclic) bond motifs is 3. The number of methoxy groups -OCH3 is 1. The molecule has 4 rings (SSSR count). The van der Waals surface area contributed by atoms with Crippen molar-refractivity contribution in [2.45, 2.75) is 33.9 Å². The number of nitro groups is 1. The lowest BCUT2D eigenvalue weighted by Gasteiger charge is -2.36. The molecule has 1 heterocycles. The zero-order valence-electron chi connectivity index (χ0n) is 15.4. The number of carbonyl (C=O) groups is 1. The molecule has 1 fully saturated rings. The summed E-state index contributed by atoms with van der Waals surface area (Å²) in [6, 6.07) is 11.3. The fraction of sp³-hybridized carbons (Fsp3) is 0.350. The van der Waals surface area contributed by atoms with Crippen LogP contribution in [-0.2, 0) is 4.79 Å². The summed E-state index contributed by atoms with van der Waals surface area (Å²) in [7, 11) is 1.54. The Balaban J connectivity index is 1.71. The lowest BCUT2D eigenvalue weighted by molar-refractivity contribution is -0.387. The van der Waals surface area contributed by atoms with Gasteiger partial charge in [-0.3, -0.25) is 10.1 Å². The Morgan fingerprint density at radius 3 is 2.76 bits per heavy atom. The number of alkyl halides is 1. The number of hydrogen-bond donors (Lipinski definition) is 2. The molecular formula is C20H19ClN2O5S. The second-order valence-electron chi connectivity index (χ2n) is 7.14. The Hall–Kier alpha value is -2.45. The second-order valence-corrected chi connectivity index (χ2v) is 8.92. The normalized spacial score (nSPS) is 27.4. The molecule has 0 amide bonds. The number of rotatable bonds is 5. The van der Waals surface area contributed by atoms with Crippen LogP contribution >= 0.6 is 23.4 Å². The van der Waals surface area contributed by atoms with Gasteiger partial charge in [0.2, 0.25) is 0 Å². The number of anilines is 1. The highest BCUT2D eigenvalue weighted by atomic mass is 35.5. The van der Waals surface area contributed by atoms with Crippen LogP contribution in [0.5, 0.6) is 5.75 Å². The van der Waals surface area contributed by atoms with Crippen LogP contribution in [0.15, 0.2) is 47.4 Å². The zero-order valence-corrected chi connectivity index (χ0v) is 17.0. The Morgan fingerprint density at radius 1 is 1.31 bits per heavy atom. The van der Waals surface area contributed by atoms with Crippen LogP contribution in [0.3, 0.4) is 0 Å². The molecule has 0 spiro atoms. The fourth-order valence-electron chi connectivity index (χ4n) is 4.40. The van der Waals surface area contributed by atoms with E-state index in [1.807, 2.05) is 12.1 Å². The van der Waals surface area contributed by atoms with Crippen molar-refractivity contribution >= 4 is 40.7 Å². The molecule has 1 saturated carbocycles. The summed E-state index contributed by atoms with van der Waals surface area (Å²) in [5.74, 6) is -0.790. The molecule has 2 N–H and O–H groups in total. The van der Waals surface area contributed by atoms with Crippen molar-refractivity contribution in [3.8, 4) is 5.75 Å². The van der Waals surface area contributed by atoms with E-state index < -0.39 is 16.9 Å². The summed E-state index contributed by atoms with van der Waals surface area (Å²) in [4.78, 5) is 23.5. The number of hydrogen-bond acceptors (Lipinski definition) is 6. The maximum Gasteiger partial charge on any atom is 0.326 e. The first-order valence-corrected chi connectivity index (χ1v) is 10.4. The highest BCUT2D eigenvalue weighted by molar-refractivity contribution is 8.00. The van der Waals surface area contributed by atoms with E-state index in [4.69, 9.17) is 16.3 Å². The quantitative estimate of drug-likeness (QED) is 0.409. The van der Waals surface area contributed by atoms with Gasteiger partial charge in [0.25, 0.3) is 5.69 Å². The van der Waals surface area contributed by atoms with Gasteiger partial charge in [0, 0.05) is 17.2 Å². The molecule has 5 atom stereocenters. The molecule has 1 aliphatic carbocycles. The van der Waals surface area contributed by atoms with E-state index in [-0.39, 0.29) is 28.2 Å². The van der Waals surface area contributed by atoms with Crippen LogP contribution in [0.25, 0.3) is 0 Å². The third kappa shape index (κ3) is 3.40. The SMILES string of the molecule is COc1cccc2c1N[C@H](C(=O)O)[C@H]1C[C@@H](Sc3ccccc3[N+](=O)[O-])[C@@H](Cl)[C@H]21. The van der Waals surface area contributed by atoms with Crippen LogP contribution in [0, 0.1) is 16.0 Å². The fourth-order valence-corrected chi connectivity index (χ4v) is 6.34. The summed E-state index contributed by atoms with van der Waals surface area (Å²) in [6.45, 7) is 0. The zero-order chi connectivity index (χ0) is 20.7. The topological polar surface area (TPSA) is 102 Å². The van der Waals surface area contributed by atoms with E-state index in [0.29, 0.717) is 22.8 Å². The number of thioether (sulfide) groups is 1. The average Bonchev–Trinajstić information content (AvgIpc) is 3.03. The molecule has 0 saturated heterocycles. The van der Waals surface area contributed by atoms with Gasteiger partial charge < -0.3 is 15.2 Å². The minimum absolute atomic E-state index is 0.0335. The number of nitro benzene ring substituents is 1. The minimum atomic E-state index is -0.947. The molecule has 0 unspecified atom stereocenters. The van der Waals surface area contributed by atoms with Crippen LogP contribution in [-0.4, -0.2) is 39.8 Å². The van der Waals surface area contributed by atoms with Gasteiger partial charge in [0.15, 0.2) is 0 Å². The number of halogens is 1. The molecular weight excluding hydrogens is 416 g/mol. The number of para-hydroxylation sites is 2. The molecule has 152 valence electrons. The van der Waals surface area contributed by atoms with E-state index >= 15 is 0 Å². The van der Waals surface area contributed by atoms with Crippen molar-refractivity contribution in [2.75, 3.05) is 12.4 Å². The van der Waals surface area contributed by atoms with Crippen molar-refractivity contribution in [1.82, 2.24) is 0 Å². The van der Waals surface area contributed by atoms with Gasteiger partial charge in [-0.2, -0.15) is 0 Å². The van der Waals surface area contributed by atoms with Crippen molar-refractivity contribution in [3.05, 3.63) is 58.1 Å². The minimum Gasteiger partial charge on any atom is -0.495 e. The van der Waals surface area contributed by atoms with Crippen molar-refractivity contribution in [1.29, 1.82) is 0 Å². The molecule has 0 bridgehead atoms. The maximum absolute atomic E-state index is 12.0. The predicted octanol–water partition coefficient (Wildman–Crippen LogP) is 4.35. The van der Waals surface area contributed by atoms with Gasteiger partial charge in [-0.15, -0.1) is 23.4 Å². The maximum atomic E-state index is 12.0. The number of nitrogens with zero attached hydrogens (tertiary/aromatic N) is 1. The summed E-state index contributed by atoms with van der Waals surface area (Å²) in [5, 5.41) is 23.8. The van der Waals surface area contributed by atoms with E-state index in [2.05, 4.69) is 5.32 Å². The standard InChI is InChI=1S/C20H19ClN2O5S/c1-28-13-7-4-5-10-16-11(19(20(24)25)22-18(10)13)9-15(17(16)21)29-14-8-3-2-6-12(14)23(26)27/h2-8,11,15-17,19,22H,9H2,1H3,(H,24,25)/t11-,15+,16+,17+,19-/m0/s1. The Labute approximate surface area is 176 Å². The monoisotopic (exact) mass is 434 g/mol. The molecule has 1 aliphatic heterocycles. The van der Waals surface area contributed by atoms with Gasteiger partial charge in [0.1, 0.15) is 11.8 Å². The molecule has 2 aromatic carbocycles. The van der Waals surface area contributed by atoms with E-state index in [0.717, 1.165) is 5.56 Å². The van der Waals surface area contributed by atoms with E-state index in [9.17, 15) is 20.0 Å². The third-order valence-corrected chi connectivity index (χ3v) is 7.75. The number of aliphatic carboxylic acids is 1. The predicted molar refractivity (Wildman–Crippen MR) is 111 cm³/mol. The average molecular weight is 435 g/mol. The lowest BCUT2D eigenvalue weighted by Crippen LogP contribution is -2.42. The van der Waals surface area contributed by atoms with Gasteiger partial charge in [-0.25, -0.2) is 4.79 Å². The number of carboxylic acids is 1. The second kappa shape index (κ2) is 7.76. The van der Waals surface area contributed by atoms with Gasteiger partial charge >= 0.3 is 5.97 Å². The van der Waals surface area contributed by atoms with Gasteiger partial charge in [-0.1, -0.05) is 24.3 Å². The van der Waals surface area contributed by atoms with Gasteiger partial charge in [-0.05, 0) is 30.0 Å². The molecule has 2 aromatic rings. The number of nitrogens with one attached hydrogen (secondary N) is 1. The first-order valence-electron chi connectivity index (χ1n) is 9.12. The van der Waals surface area contributed by atoms with E-state index in [1.54, 1.807) is 31.4 Å². The molecule has 2 aliphatic rings. The molecule has 7 nitrogen and oxygen atoms in total. The summed E-state index contributed by atoms with van der Waals surface area (Å²) >= 11 is 8.23. The molecule has 0 aromatic heterocycles. The summed E-state index contributed by atoms with van der Waals surface area (Å²) < 4.78 is 5.41. The Bertz CT molecular complexity index is 972. The van der Waals surface area contributed by atoms with Crippen molar-refractivity contribution < 1.29 is 19.6 Å². The Kier molecular flexibility index (Phi) is 5.31. The van der Waals surface area contributed by atoms with Crippen LogP contribution in [0.1, 0.15) is 17.9 Å². The molecule has 0 radical (unpaired) electrons. The first kappa shape index (κ1) is 19.8. The van der Waals surface area contributed by atoms with E-state index in [1.165, 1.54) is 17.8 Å². The third-order valence-electron chi connectivity index (χ3n) is 5.64. The number of ether oxygens (including phenoxy) is 1. The Morgan fingerprint density at radius 2 is 2.07 bits per heavy atom. The first-order chi connectivity index (χ1) is 13.9. The van der Waals surface area contributed by atoms with Crippen LogP contribution in [0.2, 0.25) is 0 Å². The summed E-state index contributed by atoms with van der Waals surface area (Å²) in [6.07, 6.45) is 0.538. The van der Waals surface area contributed by atoms with Crippen LogP contribution in [0.4, 0.5) is 11.4 Å². The van der Waals surface area contributed by atoms with Crippen molar-refractivity contribution in [3.63, 3.8) is 0 Å². The number of carboxylic acid groups (broad SMARTS) is 1.